The number of alkyl halides is 3. The fourth-order valence-electron chi connectivity index (χ4n) is 2.49. The van der Waals surface area contributed by atoms with Gasteiger partial charge in [-0.2, -0.15) is 18.2 Å². The molecule has 0 spiro atoms. The summed E-state index contributed by atoms with van der Waals surface area (Å²) in [7, 11) is 0. The first-order chi connectivity index (χ1) is 10.0. The molecule has 21 heavy (non-hydrogen) atoms. The molecule has 2 aromatic rings. The van der Waals surface area contributed by atoms with Crippen molar-refractivity contribution in [2.75, 3.05) is 13.1 Å². The Morgan fingerprint density at radius 3 is 2.81 bits per heavy atom. The van der Waals surface area contributed by atoms with Gasteiger partial charge in [0.25, 0.3) is 0 Å². The van der Waals surface area contributed by atoms with E-state index >= 15 is 0 Å². The molecule has 1 fully saturated rings. The summed E-state index contributed by atoms with van der Waals surface area (Å²) in [6, 6.07) is 5.46. The second-order valence-electron chi connectivity index (χ2n) is 5.07. The zero-order valence-electron chi connectivity index (χ0n) is 11.2. The molecule has 1 aliphatic rings. The Morgan fingerprint density at radius 1 is 1.29 bits per heavy atom. The number of aromatic nitrogens is 2. The molecule has 0 amide bonds. The van der Waals surface area contributed by atoms with Crippen LogP contribution in [0.4, 0.5) is 13.2 Å². The van der Waals surface area contributed by atoms with Gasteiger partial charge in [-0.15, -0.1) is 0 Å². The second kappa shape index (κ2) is 5.48. The molecule has 3 rings (SSSR count). The van der Waals surface area contributed by atoms with Crippen molar-refractivity contribution < 1.29 is 17.7 Å². The lowest BCUT2D eigenvalue weighted by Gasteiger charge is -2.10. The van der Waals surface area contributed by atoms with E-state index in [1.807, 2.05) is 0 Å². The van der Waals surface area contributed by atoms with Crippen molar-refractivity contribution in [3.8, 4) is 0 Å². The highest BCUT2D eigenvalue weighted by atomic mass is 19.4. The molecule has 1 aromatic carbocycles. The molecule has 1 aromatic heterocycles. The van der Waals surface area contributed by atoms with Crippen LogP contribution in [0.1, 0.15) is 35.2 Å². The Bertz CT molecular complexity index is 618. The largest absolute Gasteiger partial charge is 0.416 e. The Labute approximate surface area is 119 Å². The summed E-state index contributed by atoms with van der Waals surface area (Å²) >= 11 is 0. The third-order valence-corrected chi connectivity index (χ3v) is 3.56. The third-order valence-electron chi connectivity index (χ3n) is 3.56. The summed E-state index contributed by atoms with van der Waals surface area (Å²) in [5.74, 6) is 0.942. The molecule has 0 bridgehead atoms. The molecular weight excluding hydrogens is 283 g/mol. The Balaban J connectivity index is 1.81. The molecule has 1 N–H and O–H groups in total. The number of nitrogens with one attached hydrogen (secondary N) is 1. The topological polar surface area (TPSA) is 51.0 Å². The van der Waals surface area contributed by atoms with E-state index in [1.165, 1.54) is 12.1 Å². The zero-order chi connectivity index (χ0) is 14.9. The molecule has 1 saturated heterocycles. The fourth-order valence-corrected chi connectivity index (χ4v) is 2.49. The van der Waals surface area contributed by atoms with Crippen LogP contribution < -0.4 is 5.32 Å². The second-order valence-corrected chi connectivity index (χ2v) is 5.07. The number of rotatable bonds is 3. The molecule has 4 nitrogen and oxygen atoms in total. The van der Waals surface area contributed by atoms with Crippen molar-refractivity contribution in [3.63, 3.8) is 0 Å². The number of hydrogen-bond donors (Lipinski definition) is 1. The first-order valence-corrected chi connectivity index (χ1v) is 6.72. The molecule has 2 heterocycles. The van der Waals surface area contributed by atoms with E-state index in [2.05, 4.69) is 15.5 Å². The van der Waals surface area contributed by atoms with Gasteiger partial charge in [0.1, 0.15) is 0 Å². The van der Waals surface area contributed by atoms with Crippen LogP contribution in [0.2, 0.25) is 0 Å². The number of hydrogen-bond acceptors (Lipinski definition) is 4. The lowest BCUT2D eigenvalue weighted by Crippen LogP contribution is -2.10. The van der Waals surface area contributed by atoms with Gasteiger partial charge < -0.3 is 9.84 Å². The normalized spacial score (nSPS) is 19.1. The molecular formula is C14H14F3N3O. The predicted molar refractivity (Wildman–Crippen MR) is 68.8 cm³/mol. The van der Waals surface area contributed by atoms with Crippen LogP contribution in [-0.4, -0.2) is 23.2 Å². The summed E-state index contributed by atoms with van der Waals surface area (Å²) in [6.45, 7) is 1.65. The maximum atomic E-state index is 12.9. The molecule has 1 aliphatic heterocycles. The first kappa shape index (κ1) is 14.1. The highest BCUT2D eigenvalue weighted by Gasteiger charge is 2.33. The van der Waals surface area contributed by atoms with Gasteiger partial charge in [-0.1, -0.05) is 23.4 Å². The number of nitrogens with zero attached hydrogens (tertiary/aromatic N) is 2. The summed E-state index contributed by atoms with van der Waals surface area (Å²) in [4.78, 5) is 4.23. The van der Waals surface area contributed by atoms with Crippen molar-refractivity contribution in [3.05, 3.63) is 47.1 Å². The fraction of sp³-hybridized carbons (Fsp3) is 0.429. The lowest BCUT2D eigenvalue weighted by atomic mass is 10.0. The van der Waals surface area contributed by atoms with Crippen LogP contribution >= 0.6 is 0 Å². The highest BCUT2D eigenvalue weighted by Crippen LogP contribution is 2.32. The van der Waals surface area contributed by atoms with Crippen molar-refractivity contribution in [1.29, 1.82) is 0 Å². The van der Waals surface area contributed by atoms with E-state index < -0.39 is 11.7 Å². The van der Waals surface area contributed by atoms with Gasteiger partial charge in [0.15, 0.2) is 5.82 Å². The summed E-state index contributed by atoms with van der Waals surface area (Å²) in [5, 5.41) is 6.98. The minimum Gasteiger partial charge on any atom is -0.339 e. The Morgan fingerprint density at radius 2 is 2.10 bits per heavy atom. The van der Waals surface area contributed by atoms with E-state index in [0.717, 1.165) is 25.6 Å². The average Bonchev–Trinajstić information content (AvgIpc) is 3.08. The Hall–Kier alpha value is -1.89. The Kier molecular flexibility index (Phi) is 3.67. The highest BCUT2D eigenvalue weighted by molar-refractivity contribution is 5.31. The van der Waals surface area contributed by atoms with Crippen molar-refractivity contribution in [2.24, 2.45) is 0 Å². The molecule has 7 heteroatoms. The summed E-state index contributed by atoms with van der Waals surface area (Å²) in [5.41, 5.74) is -0.499. The molecule has 1 atom stereocenters. The van der Waals surface area contributed by atoms with E-state index in [9.17, 15) is 13.2 Å². The smallest absolute Gasteiger partial charge is 0.339 e. The van der Waals surface area contributed by atoms with Crippen LogP contribution in [0.25, 0.3) is 0 Å². The molecule has 0 aliphatic carbocycles. The molecule has 112 valence electrons. The van der Waals surface area contributed by atoms with Crippen molar-refractivity contribution >= 4 is 0 Å². The van der Waals surface area contributed by atoms with E-state index in [4.69, 9.17) is 4.52 Å². The van der Waals surface area contributed by atoms with Crippen molar-refractivity contribution in [2.45, 2.75) is 24.9 Å². The summed E-state index contributed by atoms with van der Waals surface area (Å²) in [6.07, 6.45) is -3.46. The number of benzene rings is 1. The quantitative estimate of drug-likeness (QED) is 0.946. The van der Waals surface area contributed by atoms with Crippen molar-refractivity contribution in [1.82, 2.24) is 15.5 Å². The number of halogens is 3. The molecule has 0 saturated carbocycles. The van der Waals surface area contributed by atoms with Gasteiger partial charge in [0.05, 0.1) is 11.5 Å². The van der Waals surface area contributed by atoms with Crippen LogP contribution in [0.3, 0.4) is 0 Å². The minimum atomic E-state index is -4.38. The van der Waals surface area contributed by atoms with Crippen LogP contribution in [0, 0.1) is 0 Å². The van der Waals surface area contributed by atoms with Crippen LogP contribution in [0.15, 0.2) is 28.8 Å². The molecule has 1 unspecified atom stereocenters. The monoisotopic (exact) mass is 297 g/mol. The third kappa shape index (κ3) is 3.07. The van der Waals surface area contributed by atoms with Gasteiger partial charge in [0, 0.05) is 13.0 Å². The standard InChI is InChI=1S/C14H14F3N3O/c15-14(16,17)11-4-2-1-3-9(11)7-12-19-13(21-20-12)10-5-6-18-8-10/h1-4,10,18H,5-8H2. The van der Waals surface area contributed by atoms with Gasteiger partial charge in [0.2, 0.25) is 5.89 Å². The maximum absolute atomic E-state index is 12.9. The first-order valence-electron chi connectivity index (χ1n) is 6.72. The van der Waals surface area contributed by atoms with E-state index in [1.54, 1.807) is 6.07 Å². The zero-order valence-corrected chi connectivity index (χ0v) is 11.2. The van der Waals surface area contributed by atoms with Gasteiger partial charge in [-0.3, -0.25) is 0 Å². The van der Waals surface area contributed by atoms with Gasteiger partial charge >= 0.3 is 6.18 Å². The lowest BCUT2D eigenvalue weighted by molar-refractivity contribution is -0.138. The minimum absolute atomic E-state index is 0.0132. The van der Waals surface area contributed by atoms with Crippen LogP contribution in [-0.2, 0) is 12.6 Å². The molecule has 0 radical (unpaired) electrons. The average molecular weight is 297 g/mol. The van der Waals surface area contributed by atoms with Gasteiger partial charge in [-0.25, -0.2) is 0 Å². The van der Waals surface area contributed by atoms with Gasteiger partial charge in [-0.05, 0) is 24.6 Å². The SMILES string of the molecule is FC(F)(F)c1ccccc1Cc1noc(C2CCNC2)n1. The predicted octanol–water partition coefficient (Wildman–Crippen LogP) is 2.76. The van der Waals surface area contributed by atoms with E-state index in [0.29, 0.717) is 5.89 Å². The van der Waals surface area contributed by atoms with Crippen LogP contribution in [0.5, 0.6) is 0 Å². The summed E-state index contributed by atoms with van der Waals surface area (Å²) < 4.78 is 44.0. The van der Waals surface area contributed by atoms with E-state index in [-0.39, 0.29) is 23.7 Å². The maximum Gasteiger partial charge on any atom is 0.416 e.